The Labute approximate surface area is 179 Å². The van der Waals surface area contributed by atoms with Crippen LogP contribution in [-0.2, 0) is 14.4 Å². The molecular weight excluding hydrogens is 400 g/mol. The highest BCUT2D eigenvalue weighted by molar-refractivity contribution is 7.89. The van der Waals surface area contributed by atoms with E-state index in [2.05, 4.69) is 44.1 Å². The van der Waals surface area contributed by atoms with E-state index in [9.17, 15) is 8.42 Å². The summed E-state index contributed by atoms with van der Waals surface area (Å²) in [5, 5.41) is 0.252. The van der Waals surface area contributed by atoms with Gasteiger partial charge in [-0.2, -0.15) is 0 Å². The molecule has 2 atom stereocenters. The Bertz CT molecular complexity index is 742. The minimum Gasteiger partial charge on any atom is -0.417 e. The summed E-state index contributed by atoms with van der Waals surface area (Å²) in [6.07, 6.45) is 6.64. The SMILES string of the molecule is Cc1ccc(S(=O)(=O)NN[C@@H]2CCC[C@H]2CCCCO[Si](C)(C)C(C)(C)C)cc1. The zero-order valence-corrected chi connectivity index (χ0v) is 20.9. The van der Waals surface area contributed by atoms with Crippen LogP contribution in [0.15, 0.2) is 29.2 Å². The average Bonchev–Trinajstić information content (AvgIpc) is 3.06. The molecule has 1 fully saturated rings. The Hall–Kier alpha value is -0.733. The minimum atomic E-state index is -3.52. The molecule has 1 aliphatic rings. The highest BCUT2D eigenvalue weighted by atomic mass is 32.2. The summed E-state index contributed by atoms with van der Waals surface area (Å²) in [6, 6.07) is 7.14. The van der Waals surface area contributed by atoms with Crippen molar-refractivity contribution >= 4 is 18.3 Å². The van der Waals surface area contributed by atoms with Crippen LogP contribution < -0.4 is 10.3 Å². The van der Waals surface area contributed by atoms with E-state index in [1.807, 2.05) is 19.1 Å². The summed E-state index contributed by atoms with van der Waals surface area (Å²) in [5.74, 6) is 0.517. The van der Waals surface area contributed by atoms with Gasteiger partial charge in [0.2, 0.25) is 0 Å². The zero-order chi connectivity index (χ0) is 21.7. The molecule has 0 unspecified atom stereocenters. The lowest BCUT2D eigenvalue weighted by molar-refractivity contribution is 0.268. The fourth-order valence-corrected chi connectivity index (χ4v) is 5.56. The number of sulfonamides is 1. The highest BCUT2D eigenvalue weighted by Crippen LogP contribution is 2.36. The number of hydrogen-bond donors (Lipinski definition) is 2. The first-order valence-electron chi connectivity index (χ1n) is 10.9. The number of hydrogen-bond acceptors (Lipinski definition) is 4. The molecule has 0 amide bonds. The number of benzene rings is 1. The quantitative estimate of drug-likeness (QED) is 0.300. The van der Waals surface area contributed by atoms with E-state index in [1.165, 1.54) is 0 Å². The van der Waals surface area contributed by atoms with Crippen molar-refractivity contribution in [2.45, 2.75) is 95.3 Å². The largest absolute Gasteiger partial charge is 0.417 e. The molecule has 7 heteroatoms. The van der Waals surface area contributed by atoms with Crippen LogP contribution in [0.4, 0.5) is 0 Å². The molecule has 5 nitrogen and oxygen atoms in total. The van der Waals surface area contributed by atoms with Crippen molar-refractivity contribution in [1.29, 1.82) is 0 Å². The molecule has 29 heavy (non-hydrogen) atoms. The summed E-state index contributed by atoms with van der Waals surface area (Å²) in [7, 11) is -5.18. The molecule has 0 bridgehead atoms. The fraction of sp³-hybridized carbons (Fsp3) is 0.727. The standard InChI is InChI=1S/C22H40N2O3SSi/c1-18-13-15-20(16-14-18)28(25,26)24-23-21-12-9-11-19(21)10-7-8-17-27-29(5,6)22(2,3)4/h13-16,19,21,23-24H,7-12,17H2,1-6H3/t19-,21-/m1/s1. The molecule has 1 aromatic carbocycles. The first kappa shape index (κ1) is 24.5. The van der Waals surface area contributed by atoms with E-state index >= 15 is 0 Å². The van der Waals surface area contributed by atoms with E-state index in [1.54, 1.807) is 12.1 Å². The van der Waals surface area contributed by atoms with Gasteiger partial charge >= 0.3 is 0 Å². The molecule has 0 heterocycles. The van der Waals surface area contributed by atoms with Crippen LogP contribution in [0, 0.1) is 12.8 Å². The van der Waals surface area contributed by atoms with Gasteiger partial charge in [-0.15, -0.1) is 4.83 Å². The highest BCUT2D eigenvalue weighted by Gasteiger charge is 2.36. The molecule has 1 aliphatic carbocycles. The third-order valence-corrected chi connectivity index (χ3v) is 12.4. The third kappa shape index (κ3) is 7.17. The zero-order valence-electron chi connectivity index (χ0n) is 19.0. The van der Waals surface area contributed by atoms with Gasteiger partial charge in [0.05, 0.1) is 4.90 Å². The average molecular weight is 441 g/mol. The predicted octanol–water partition coefficient (Wildman–Crippen LogP) is 5.14. The maximum atomic E-state index is 12.5. The fourth-order valence-electron chi connectivity index (χ4n) is 3.55. The first-order valence-corrected chi connectivity index (χ1v) is 15.3. The lowest BCUT2D eigenvalue weighted by Crippen LogP contribution is -2.45. The second-order valence-electron chi connectivity index (χ2n) is 9.96. The van der Waals surface area contributed by atoms with Gasteiger partial charge in [-0.3, -0.25) is 0 Å². The molecule has 166 valence electrons. The minimum absolute atomic E-state index is 0.205. The Morgan fingerprint density at radius 2 is 1.76 bits per heavy atom. The molecule has 0 aromatic heterocycles. The van der Waals surface area contributed by atoms with Crippen molar-refractivity contribution in [3.05, 3.63) is 29.8 Å². The van der Waals surface area contributed by atoms with Crippen molar-refractivity contribution in [2.24, 2.45) is 5.92 Å². The number of hydrazine groups is 1. The Balaban J connectivity index is 1.75. The topological polar surface area (TPSA) is 67.4 Å². The molecular formula is C22H40N2O3SSi. The Kier molecular flexibility index (Phi) is 8.50. The van der Waals surface area contributed by atoms with Gasteiger partial charge in [0.1, 0.15) is 0 Å². The first-order chi connectivity index (χ1) is 13.4. The molecule has 1 saturated carbocycles. The van der Waals surface area contributed by atoms with Gasteiger partial charge in [-0.05, 0) is 68.8 Å². The van der Waals surface area contributed by atoms with Crippen LogP contribution in [0.3, 0.4) is 0 Å². The van der Waals surface area contributed by atoms with Crippen molar-refractivity contribution in [3.63, 3.8) is 0 Å². The van der Waals surface area contributed by atoms with E-state index in [-0.39, 0.29) is 11.1 Å². The maximum absolute atomic E-state index is 12.5. The molecule has 2 rings (SSSR count). The smallest absolute Gasteiger partial charge is 0.253 e. The van der Waals surface area contributed by atoms with Crippen LogP contribution in [0.1, 0.15) is 64.9 Å². The van der Waals surface area contributed by atoms with Crippen molar-refractivity contribution < 1.29 is 12.8 Å². The maximum Gasteiger partial charge on any atom is 0.253 e. The molecule has 0 radical (unpaired) electrons. The number of nitrogens with one attached hydrogen (secondary N) is 2. The van der Waals surface area contributed by atoms with Gasteiger partial charge in [0.25, 0.3) is 10.0 Å². The van der Waals surface area contributed by atoms with E-state index in [0.29, 0.717) is 10.8 Å². The molecule has 0 spiro atoms. The monoisotopic (exact) mass is 440 g/mol. The van der Waals surface area contributed by atoms with Gasteiger partial charge in [-0.25, -0.2) is 13.8 Å². The van der Waals surface area contributed by atoms with Crippen LogP contribution in [0.25, 0.3) is 0 Å². The Morgan fingerprint density at radius 1 is 1.10 bits per heavy atom. The summed E-state index contributed by atoms with van der Waals surface area (Å²) < 4.78 is 31.3. The Morgan fingerprint density at radius 3 is 2.38 bits per heavy atom. The third-order valence-electron chi connectivity index (χ3n) is 6.61. The lowest BCUT2D eigenvalue weighted by Gasteiger charge is -2.36. The normalized spacial score (nSPS) is 20.9. The molecule has 0 aliphatic heterocycles. The number of unbranched alkanes of at least 4 members (excludes halogenated alkanes) is 1. The summed E-state index contributed by atoms with van der Waals surface area (Å²) in [5.41, 5.74) is 4.15. The van der Waals surface area contributed by atoms with Gasteiger partial charge in [-0.1, -0.05) is 51.3 Å². The van der Waals surface area contributed by atoms with E-state index in [0.717, 1.165) is 50.7 Å². The van der Waals surface area contributed by atoms with Crippen LogP contribution in [0.5, 0.6) is 0 Å². The van der Waals surface area contributed by atoms with Gasteiger partial charge < -0.3 is 4.43 Å². The van der Waals surface area contributed by atoms with Gasteiger partial charge in [0.15, 0.2) is 8.32 Å². The van der Waals surface area contributed by atoms with Crippen molar-refractivity contribution in [3.8, 4) is 0 Å². The number of rotatable bonds is 10. The van der Waals surface area contributed by atoms with Crippen molar-refractivity contribution in [1.82, 2.24) is 10.3 Å². The summed E-state index contributed by atoms with van der Waals surface area (Å²) >= 11 is 0. The second-order valence-corrected chi connectivity index (χ2v) is 16.5. The van der Waals surface area contributed by atoms with Crippen LogP contribution in [-0.4, -0.2) is 29.4 Å². The molecule has 1 aromatic rings. The van der Waals surface area contributed by atoms with Crippen LogP contribution >= 0.6 is 0 Å². The van der Waals surface area contributed by atoms with Crippen LogP contribution in [0.2, 0.25) is 18.1 Å². The molecule has 0 saturated heterocycles. The lowest BCUT2D eigenvalue weighted by atomic mass is 9.97. The van der Waals surface area contributed by atoms with Crippen molar-refractivity contribution in [2.75, 3.05) is 6.61 Å². The van der Waals surface area contributed by atoms with Gasteiger partial charge in [0, 0.05) is 12.6 Å². The van der Waals surface area contributed by atoms with E-state index < -0.39 is 18.3 Å². The summed E-state index contributed by atoms with van der Waals surface area (Å²) in [4.78, 5) is 2.91. The number of aryl methyl sites for hydroxylation is 1. The predicted molar refractivity (Wildman–Crippen MR) is 123 cm³/mol. The summed E-state index contributed by atoms with van der Waals surface area (Å²) in [6.45, 7) is 14.2. The second kappa shape index (κ2) is 10.0. The van der Waals surface area contributed by atoms with E-state index in [4.69, 9.17) is 4.43 Å². The molecule has 2 N–H and O–H groups in total.